The van der Waals surface area contributed by atoms with E-state index in [1.165, 1.54) is 23.3 Å². The first-order valence-electron chi connectivity index (χ1n) is 23.2. The number of rotatable bonds is 8. The van der Waals surface area contributed by atoms with E-state index >= 15 is 0 Å². The number of nitrogens with one attached hydrogen (secondary N) is 2. The van der Waals surface area contributed by atoms with Crippen LogP contribution in [-0.4, -0.2) is 74.0 Å². The third kappa shape index (κ3) is 15.6. The van der Waals surface area contributed by atoms with Crippen LogP contribution in [0.5, 0.6) is 11.5 Å². The Morgan fingerprint density at radius 2 is 1.05 bits per heavy atom. The smallest absolute Gasteiger partial charge is 0.143 e. The summed E-state index contributed by atoms with van der Waals surface area (Å²) in [6.07, 6.45) is 6.38. The van der Waals surface area contributed by atoms with Crippen LogP contribution in [0, 0.1) is 41.5 Å². The minimum atomic E-state index is 0. The fourth-order valence-corrected chi connectivity index (χ4v) is 33.6. The molecule has 17 nitrogen and oxygen atoms in total. The average Bonchev–Trinajstić information content (AvgIpc) is 4.33. The number of nitrogens with zero attached hydrogens (tertiary/aromatic N) is 10. The Morgan fingerprint density at radius 1 is 0.608 bits per heavy atom. The molecule has 0 saturated heterocycles. The first-order valence-corrected chi connectivity index (χ1v) is 39.6. The third-order valence-electron chi connectivity index (χ3n) is 11.6. The molecule has 422 valence electrons. The van der Waals surface area contributed by atoms with Gasteiger partial charge in [0, 0.05) is 191 Å². The molecule has 8 aromatic heterocycles. The number of anilines is 1. The number of nitrogens with two attached hydrogens (primary N) is 1. The van der Waals surface area contributed by atoms with E-state index in [9.17, 15) is 0 Å². The molecule has 2 aromatic carbocycles. The first kappa shape index (κ1) is 63.8. The van der Waals surface area contributed by atoms with Crippen molar-refractivity contribution in [2.24, 2.45) is 14.1 Å². The largest absolute Gasteiger partial charge is 0.496 e. The molecule has 0 aliphatic carbocycles. The van der Waals surface area contributed by atoms with Gasteiger partial charge in [0.1, 0.15) is 51.1 Å². The highest BCUT2D eigenvalue weighted by Crippen LogP contribution is 2.42. The van der Waals surface area contributed by atoms with Gasteiger partial charge in [0.25, 0.3) is 0 Å². The highest BCUT2D eigenvalue weighted by molar-refractivity contribution is 8.75. The quantitative estimate of drug-likeness (QED) is 0.121. The number of aromatic amines is 2. The number of benzene rings is 2. The van der Waals surface area contributed by atoms with E-state index in [2.05, 4.69) is 70.7 Å². The van der Waals surface area contributed by atoms with Crippen molar-refractivity contribution in [3.63, 3.8) is 0 Å². The Labute approximate surface area is 503 Å². The predicted molar refractivity (Wildman–Crippen MR) is 355 cm³/mol. The van der Waals surface area contributed by atoms with Crippen LogP contribution in [0.15, 0.2) is 45.7 Å². The van der Waals surface area contributed by atoms with Crippen LogP contribution >= 0.6 is 11.6 Å². The molecule has 0 saturated carbocycles. The molecule has 4 N–H and O–H groups in total. The molecule has 8 heterocycles. The fourth-order valence-electron chi connectivity index (χ4n) is 8.64. The average molecular weight is 1330 g/mol. The van der Waals surface area contributed by atoms with Crippen LogP contribution in [0.2, 0.25) is 5.15 Å². The predicted octanol–water partition coefficient (Wildman–Crippen LogP) is 10.1. The molecule has 0 aliphatic heterocycles. The zero-order chi connectivity index (χ0) is 56.2. The van der Waals surface area contributed by atoms with Gasteiger partial charge in [0.05, 0.1) is 64.9 Å². The van der Waals surface area contributed by atoms with E-state index in [1.54, 1.807) is 98.8 Å². The lowest BCUT2D eigenvalue weighted by Crippen LogP contribution is -1.99. The van der Waals surface area contributed by atoms with Crippen LogP contribution in [0.4, 0.5) is 5.69 Å². The number of aryl methyl sites for hydroxylation is 10. The molecule has 0 amide bonds. The number of ether oxygens (including phenoxy) is 2. The number of hydrogen-bond acceptors (Lipinski definition) is 15. The Kier molecular flexibility index (Phi) is 24.3. The van der Waals surface area contributed by atoms with Crippen molar-refractivity contribution in [3.05, 3.63) is 99.0 Å². The van der Waals surface area contributed by atoms with Crippen LogP contribution in [0.3, 0.4) is 0 Å². The lowest BCUT2D eigenvalue weighted by atomic mass is 9.99. The van der Waals surface area contributed by atoms with Crippen molar-refractivity contribution in [2.45, 2.75) is 82.1 Å². The SMILES string of the molecule is C.CCc1nn(C)cc1Cc1nc(C)nc2[nH]c3cc(-c4c(C)noc4C)c(OC)cc3c12.CCc1nn(C)cc1N.COc1cc2c(cc1-c1c(C)noc1C)[nH]c1nc(C)nc(Cl)c12.S=S=S=S=S=S=S=S=S=S=S=S=S. The van der Waals surface area contributed by atoms with Crippen molar-refractivity contribution < 1.29 is 18.5 Å². The van der Waals surface area contributed by atoms with E-state index in [0.717, 1.165) is 136 Å². The van der Waals surface area contributed by atoms with Crippen molar-refractivity contribution in [1.29, 1.82) is 0 Å². The Hall–Kier alpha value is -4.41. The maximum atomic E-state index is 6.33. The third-order valence-corrected chi connectivity index (χ3v) is 34.1. The standard InChI is InChI=1S/C24H26N6O2.C17H15ClN4O2.C6H11N3.CH4.S13/c1-7-18-15(11-30(5)28-18)8-20-23-16-10-21(31-6)17(22-12(2)29-32-13(22)3)9-19(16)27-24(23)26-14(4)25-20;1-7-14(8(2)24-22-7)11-5-12-10(6-13(11)23-4)15-16(18)19-9(3)20-17(15)21-12;1-3-6-5(7)4-9(2)8-6;;1-3-5-7-9-11-13-12-10-8-6-4-2/h9-11H,7-8H2,1-6H3,(H,25,26,27);5-6H,1-4H3,(H,19,20,21);4H,3,7H2,1-2H3;1H4;. The summed E-state index contributed by atoms with van der Waals surface area (Å²) in [6.45, 7) is 15.5. The van der Waals surface area contributed by atoms with Gasteiger partial charge in [0.15, 0.2) is 0 Å². The number of halogens is 1. The van der Waals surface area contributed by atoms with Gasteiger partial charge < -0.3 is 34.2 Å². The topological polar surface area (TPSA) is 215 Å². The maximum Gasteiger partial charge on any atom is 0.143 e. The molecule has 0 fully saturated rings. The lowest BCUT2D eigenvalue weighted by Gasteiger charge is -2.09. The molecule has 0 aliphatic rings. The zero-order valence-electron chi connectivity index (χ0n) is 44.0. The molecule has 79 heavy (non-hydrogen) atoms. The molecular weight excluding hydrogens is 1270 g/mol. The summed E-state index contributed by atoms with van der Waals surface area (Å²) in [4.78, 5) is 25.0. The van der Waals surface area contributed by atoms with Crippen LogP contribution in [0.25, 0.3) is 66.1 Å². The zero-order valence-corrected chi connectivity index (χ0v) is 55.3. The van der Waals surface area contributed by atoms with Crippen LogP contribution in [0.1, 0.15) is 78.5 Å². The van der Waals surface area contributed by atoms with Gasteiger partial charge in [-0.05, 0) is 84.2 Å². The van der Waals surface area contributed by atoms with Crippen molar-refractivity contribution in [2.75, 3.05) is 20.0 Å². The second-order valence-corrected chi connectivity index (χ2v) is 36.5. The summed E-state index contributed by atoms with van der Waals surface area (Å²) in [5.41, 5.74) is 19.4. The molecule has 10 aromatic rings. The molecule has 0 bridgehead atoms. The Balaban J connectivity index is 0.000000188. The first-order chi connectivity index (χ1) is 37.5. The van der Waals surface area contributed by atoms with Gasteiger partial charge in [-0.2, -0.15) is 10.2 Å². The van der Waals surface area contributed by atoms with E-state index < -0.39 is 0 Å². The number of H-pyrrole nitrogens is 2. The van der Waals surface area contributed by atoms with Gasteiger partial charge >= 0.3 is 0 Å². The summed E-state index contributed by atoms with van der Waals surface area (Å²) in [7, 11) is 25.2. The van der Waals surface area contributed by atoms with E-state index in [0.29, 0.717) is 23.0 Å². The van der Waals surface area contributed by atoms with Gasteiger partial charge in [-0.1, -0.05) is 43.2 Å². The molecule has 31 heteroatoms. The summed E-state index contributed by atoms with van der Waals surface area (Å²) in [6, 6.07) is 8.10. The number of hydrogen-bond donors (Lipinski definition) is 3. The Morgan fingerprint density at radius 3 is 1.47 bits per heavy atom. The van der Waals surface area contributed by atoms with E-state index in [4.69, 9.17) is 63.2 Å². The molecule has 10 rings (SSSR count). The second kappa shape index (κ2) is 30.1. The van der Waals surface area contributed by atoms with Crippen molar-refractivity contribution in [1.82, 2.24) is 59.8 Å². The van der Waals surface area contributed by atoms with Gasteiger partial charge in [0.2, 0.25) is 0 Å². The number of nitrogen functional groups attached to an aromatic ring is 1. The van der Waals surface area contributed by atoms with Crippen LogP contribution < -0.4 is 15.2 Å². The fraction of sp³-hybridized carbons (Fsp3) is 0.333. The van der Waals surface area contributed by atoms with Gasteiger partial charge in [-0.25, -0.2) is 19.9 Å². The summed E-state index contributed by atoms with van der Waals surface area (Å²) in [5, 5.41) is 21.0. The lowest BCUT2D eigenvalue weighted by molar-refractivity contribution is 0.393. The van der Waals surface area contributed by atoms with E-state index in [-0.39, 0.29) is 7.43 Å². The normalized spacial score (nSPS) is 10.5. The van der Waals surface area contributed by atoms with Gasteiger partial charge in [-0.3, -0.25) is 9.36 Å². The molecular formula is C48H56ClN13O4S13. The van der Waals surface area contributed by atoms with E-state index in [1.807, 2.05) is 85.6 Å². The number of aromatic nitrogens is 12. The monoisotopic (exact) mass is 1330 g/mol. The highest BCUT2D eigenvalue weighted by Gasteiger charge is 2.23. The summed E-state index contributed by atoms with van der Waals surface area (Å²) in [5.74, 6) is 4.34. The molecule has 0 unspecified atom stereocenters. The second-order valence-electron chi connectivity index (χ2n) is 16.7. The minimum Gasteiger partial charge on any atom is -0.496 e. The van der Waals surface area contributed by atoms with Gasteiger partial charge in [-0.15, -0.1) is 0 Å². The summed E-state index contributed by atoms with van der Waals surface area (Å²) >= 11 is 15.7. The van der Waals surface area contributed by atoms with Crippen molar-refractivity contribution >= 4 is 181 Å². The highest BCUT2D eigenvalue weighted by atomic mass is 35.5. The maximum absolute atomic E-state index is 6.33. The molecule has 0 atom stereocenters. The minimum absolute atomic E-state index is 0. The molecule has 0 spiro atoms. The number of methoxy groups -OCH3 is 2. The number of fused-ring (bicyclic) bond motifs is 6. The summed E-state index contributed by atoms with van der Waals surface area (Å²) < 4.78 is 25.7. The molecule has 0 radical (unpaired) electrons. The Bertz CT molecular complexity index is 4310. The van der Waals surface area contributed by atoms with Crippen LogP contribution in [-0.2, 0) is 153 Å². The van der Waals surface area contributed by atoms with Crippen molar-refractivity contribution in [3.8, 4) is 33.8 Å².